The molecule has 0 bridgehead atoms. The van der Waals surface area contributed by atoms with E-state index >= 15 is 0 Å². The van der Waals surface area contributed by atoms with Gasteiger partial charge in [-0.15, -0.1) is 0 Å². The summed E-state index contributed by atoms with van der Waals surface area (Å²) < 4.78 is 4.73. The summed E-state index contributed by atoms with van der Waals surface area (Å²) in [5.41, 5.74) is 3.97. The fraction of sp³-hybridized carbons (Fsp3) is 0.519. The molecule has 2 atom stereocenters. The summed E-state index contributed by atoms with van der Waals surface area (Å²) in [5, 5.41) is 10.3. The van der Waals surface area contributed by atoms with Crippen molar-refractivity contribution in [2.75, 3.05) is 12.9 Å². The Morgan fingerprint density at radius 3 is 2.19 bits per heavy atom. The zero-order valence-corrected chi connectivity index (χ0v) is 19.9. The summed E-state index contributed by atoms with van der Waals surface area (Å²) in [4.78, 5) is 11.4. The standard InChI is InChI=1S/C27H38O3S/c1-22(28)27(31-21-20-26(29)30-2)25-19-13-12-18-24(25)17-11-6-4-3-5-8-14-23-15-9-7-10-16-23/h7,9-10,12-13,15-16,18-19,22,27-28H,3-6,8,11,14,17,20-21H2,1-2H3. The van der Waals surface area contributed by atoms with Crippen LogP contribution in [0.4, 0.5) is 0 Å². The third-order valence-corrected chi connectivity index (χ3v) is 7.08. The fourth-order valence-electron chi connectivity index (χ4n) is 3.90. The number of esters is 1. The quantitative estimate of drug-likeness (QED) is 0.252. The molecule has 0 saturated heterocycles. The van der Waals surface area contributed by atoms with Crippen LogP contribution in [0.2, 0.25) is 0 Å². The first-order chi connectivity index (χ1) is 15.1. The largest absolute Gasteiger partial charge is 0.469 e. The molecule has 0 spiro atoms. The number of rotatable bonds is 15. The van der Waals surface area contributed by atoms with E-state index in [0.717, 1.165) is 6.42 Å². The average Bonchev–Trinajstić information content (AvgIpc) is 2.79. The van der Waals surface area contributed by atoms with E-state index in [-0.39, 0.29) is 11.2 Å². The molecule has 0 fully saturated rings. The molecule has 2 rings (SSSR count). The molecule has 170 valence electrons. The Morgan fingerprint density at radius 1 is 0.903 bits per heavy atom. The van der Waals surface area contributed by atoms with E-state index in [1.165, 1.54) is 68.7 Å². The molecule has 0 radical (unpaired) electrons. The van der Waals surface area contributed by atoms with Gasteiger partial charge in [0, 0.05) is 5.75 Å². The molecule has 0 aliphatic rings. The zero-order chi connectivity index (χ0) is 22.3. The number of ether oxygens (including phenoxy) is 1. The number of aryl methyl sites for hydroxylation is 2. The first-order valence-corrected chi connectivity index (χ1v) is 12.6. The summed E-state index contributed by atoms with van der Waals surface area (Å²) in [6, 6.07) is 19.2. The molecule has 2 unspecified atom stereocenters. The van der Waals surface area contributed by atoms with Gasteiger partial charge < -0.3 is 9.84 Å². The SMILES string of the molecule is COC(=O)CCSC(c1ccccc1CCCCCCCCc1ccccc1)C(C)O. The van der Waals surface area contributed by atoms with Gasteiger partial charge in [-0.2, -0.15) is 11.8 Å². The second-order valence-electron chi connectivity index (χ2n) is 8.16. The maximum atomic E-state index is 11.4. The Kier molecular flexibility index (Phi) is 12.4. The molecule has 31 heavy (non-hydrogen) atoms. The van der Waals surface area contributed by atoms with Gasteiger partial charge in [0.15, 0.2) is 0 Å². The maximum absolute atomic E-state index is 11.4. The number of hydrogen-bond acceptors (Lipinski definition) is 4. The molecular formula is C27H38O3S. The van der Waals surface area contributed by atoms with Gasteiger partial charge in [-0.05, 0) is 49.3 Å². The maximum Gasteiger partial charge on any atom is 0.306 e. The Hall–Kier alpha value is -1.78. The van der Waals surface area contributed by atoms with Crippen molar-refractivity contribution in [1.29, 1.82) is 0 Å². The third-order valence-electron chi connectivity index (χ3n) is 5.64. The molecule has 2 aromatic rings. The normalized spacial score (nSPS) is 13.0. The summed E-state index contributed by atoms with van der Waals surface area (Å²) >= 11 is 1.64. The van der Waals surface area contributed by atoms with E-state index in [1.807, 2.05) is 13.0 Å². The lowest BCUT2D eigenvalue weighted by Gasteiger charge is -2.23. The van der Waals surface area contributed by atoms with Crippen LogP contribution in [0.1, 0.15) is 73.8 Å². The van der Waals surface area contributed by atoms with E-state index in [2.05, 4.69) is 48.5 Å². The van der Waals surface area contributed by atoms with Crippen molar-refractivity contribution >= 4 is 17.7 Å². The van der Waals surface area contributed by atoms with Gasteiger partial charge in [0.2, 0.25) is 0 Å². The van der Waals surface area contributed by atoms with E-state index in [4.69, 9.17) is 4.74 Å². The van der Waals surface area contributed by atoms with Crippen LogP contribution in [0.5, 0.6) is 0 Å². The lowest BCUT2D eigenvalue weighted by molar-refractivity contribution is -0.140. The molecule has 4 heteroatoms. The van der Waals surface area contributed by atoms with Gasteiger partial charge >= 0.3 is 5.97 Å². The van der Waals surface area contributed by atoms with Crippen molar-refractivity contribution in [3.8, 4) is 0 Å². The summed E-state index contributed by atoms with van der Waals surface area (Å²) in [6.07, 6.45) is 9.70. The molecule has 0 amide bonds. The number of unbranched alkanes of at least 4 members (excludes halogenated alkanes) is 5. The highest BCUT2D eigenvalue weighted by Gasteiger charge is 2.21. The number of aliphatic hydroxyl groups is 1. The summed E-state index contributed by atoms with van der Waals surface area (Å²) in [7, 11) is 1.41. The van der Waals surface area contributed by atoms with Crippen LogP contribution in [0.25, 0.3) is 0 Å². The molecular weight excluding hydrogens is 404 g/mol. The average molecular weight is 443 g/mol. The van der Waals surface area contributed by atoms with Crippen molar-refractivity contribution in [2.45, 2.75) is 76.1 Å². The highest BCUT2D eigenvalue weighted by atomic mass is 32.2. The molecule has 1 N–H and O–H groups in total. The van der Waals surface area contributed by atoms with Crippen LogP contribution in [0, 0.1) is 0 Å². The number of thioether (sulfide) groups is 1. The highest BCUT2D eigenvalue weighted by molar-refractivity contribution is 7.99. The molecule has 0 heterocycles. The predicted molar refractivity (Wildman–Crippen MR) is 132 cm³/mol. The molecule has 0 aliphatic heterocycles. The van der Waals surface area contributed by atoms with Gasteiger partial charge in [0.1, 0.15) is 0 Å². The van der Waals surface area contributed by atoms with Crippen LogP contribution in [-0.2, 0) is 22.4 Å². The molecule has 0 aromatic heterocycles. The van der Waals surface area contributed by atoms with E-state index < -0.39 is 6.10 Å². The van der Waals surface area contributed by atoms with Crippen LogP contribution >= 0.6 is 11.8 Å². The van der Waals surface area contributed by atoms with Crippen LogP contribution in [-0.4, -0.2) is 30.0 Å². The minimum Gasteiger partial charge on any atom is -0.469 e. The molecule has 0 aliphatic carbocycles. The van der Waals surface area contributed by atoms with Crippen molar-refractivity contribution in [3.05, 3.63) is 71.3 Å². The molecule has 2 aromatic carbocycles. The monoisotopic (exact) mass is 442 g/mol. The fourth-order valence-corrected chi connectivity index (χ4v) is 5.12. The van der Waals surface area contributed by atoms with Crippen LogP contribution in [0.3, 0.4) is 0 Å². The Labute approximate surface area is 192 Å². The minimum absolute atomic E-state index is 0.0150. The second kappa shape index (κ2) is 15.1. The third kappa shape index (κ3) is 9.92. The van der Waals surface area contributed by atoms with Gasteiger partial charge in [0.05, 0.1) is 24.9 Å². The smallest absolute Gasteiger partial charge is 0.306 e. The Balaban J connectivity index is 1.72. The van der Waals surface area contributed by atoms with E-state index in [1.54, 1.807) is 11.8 Å². The van der Waals surface area contributed by atoms with Gasteiger partial charge in [0.25, 0.3) is 0 Å². The second-order valence-corrected chi connectivity index (χ2v) is 9.41. The lowest BCUT2D eigenvalue weighted by Crippen LogP contribution is -2.15. The summed E-state index contributed by atoms with van der Waals surface area (Å²) in [5.74, 6) is 0.452. The minimum atomic E-state index is -0.464. The van der Waals surface area contributed by atoms with Crippen molar-refractivity contribution in [1.82, 2.24) is 0 Å². The number of hydrogen-bond donors (Lipinski definition) is 1. The number of benzene rings is 2. The highest BCUT2D eigenvalue weighted by Crippen LogP contribution is 2.35. The van der Waals surface area contributed by atoms with Gasteiger partial charge in [-0.1, -0.05) is 80.3 Å². The molecule has 3 nitrogen and oxygen atoms in total. The summed E-state index contributed by atoms with van der Waals surface area (Å²) in [6.45, 7) is 1.84. The first kappa shape index (κ1) is 25.5. The van der Waals surface area contributed by atoms with Crippen LogP contribution < -0.4 is 0 Å². The topological polar surface area (TPSA) is 46.5 Å². The van der Waals surface area contributed by atoms with Crippen molar-refractivity contribution in [3.63, 3.8) is 0 Å². The number of carbonyl (C=O) groups excluding carboxylic acids is 1. The van der Waals surface area contributed by atoms with E-state index in [9.17, 15) is 9.90 Å². The molecule has 0 saturated carbocycles. The lowest BCUT2D eigenvalue weighted by atomic mass is 9.96. The Bertz CT molecular complexity index is 745. The first-order valence-electron chi connectivity index (χ1n) is 11.6. The zero-order valence-electron chi connectivity index (χ0n) is 19.1. The number of methoxy groups -OCH3 is 1. The Morgan fingerprint density at radius 2 is 1.52 bits per heavy atom. The van der Waals surface area contributed by atoms with Gasteiger partial charge in [-0.3, -0.25) is 4.79 Å². The predicted octanol–water partition coefficient (Wildman–Crippen LogP) is 6.53. The number of aliphatic hydroxyl groups excluding tert-OH is 1. The van der Waals surface area contributed by atoms with E-state index in [0.29, 0.717) is 12.2 Å². The van der Waals surface area contributed by atoms with Crippen LogP contribution in [0.15, 0.2) is 54.6 Å². The number of carbonyl (C=O) groups is 1. The van der Waals surface area contributed by atoms with Crippen molar-refractivity contribution < 1.29 is 14.6 Å². The van der Waals surface area contributed by atoms with Gasteiger partial charge in [-0.25, -0.2) is 0 Å². The van der Waals surface area contributed by atoms with Crippen molar-refractivity contribution in [2.24, 2.45) is 0 Å².